The molecule has 1 fully saturated rings. The summed E-state index contributed by atoms with van der Waals surface area (Å²) in [6.07, 6.45) is 2.11. The summed E-state index contributed by atoms with van der Waals surface area (Å²) in [6.45, 7) is 1.58. The lowest BCUT2D eigenvalue weighted by molar-refractivity contribution is -0.0453. The second-order valence-corrected chi connectivity index (χ2v) is 5.95. The number of halogens is 3. The van der Waals surface area contributed by atoms with Gasteiger partial charge in [0.1, 0.15) is 0 Å². The topological polar surface area (TPSA) is 34.1 Å². The van der Waals surface area contributed by atoms with E-state index in [9.17, 15) is 21.6 Å². The molecule has 14 heavy (non-hydrogen) atoms. The highest BCUT2D eigenvalue weighted by molar-refractivity contribution is 7.92. The Bertz CT molecular complexity index is 294. The molecular weight excluding hydrogens is 217 g/mol. The molecule has 1 aliphatic rings. The Hall–Kier alpha value is -0.260. The fourth-order valence-corrected chi connectivity index (χ4v) is 3.48. The monoisotopic (exact) mass is 230 g/mol. The Morgan fingerprint density at radius 2 is 1.64 bits per heavy atom. The van der Waals surface area contributed by atoms with Crippen LogP contribution < -0.4 is 0 Å². The van der Waals surface area contributed by atoms with Crippen LogP contribution in [-0.2, 0) is 9.84 Å². The molecule has 0 N–H and O–H groups in total. The van der Waals surface area contributed by atoms with Gasteiger partial charge in [0.2, 0.25) is 0 Å². The second-order valence-electron chi connectivity index (χ2n) is 3.79. The quantitative estimate of drug-likeness (QED) is 0.693. The molecule has 0 bridgehead atoms. The maximum atomic E-state index is 12.2. The maximum absolute atomic E-state index is 12.2. The van der Waals surface area contributed by atoms with Crippen LogP contribution in [-0.4, -0.2) is 19.2 Å². The van der Waals surface area contributed by atoms with Crippen LogP contribution >= 0.6 is 0 Å². The normalized spacial score (nSPS) is 30.3. The lowest BCUT2D eigenvalue weighted by Crippen LogP contribution is -2.39. The maximum Gasteiger partial charge on any atom is 0.497 e. The number of hydrogen-bond donors (Lipinski definition) is 0. The minimum absolute atomic E-state index is 0.142. The molecule has 0 aromatic rings. The van der Waals surface area contributed by atoms with E-state index in [2.05, 4.69) is 0 Å². The van der Waals surface area contributed by atoms with E-state index in [4.69, 9.17) is 0 Å². The van der Waals surface area contributed by atoms with Gasteiger partial charge in [0, 0.05) is 0 Å². The lowest BCUT2D eigenvalue weighted by atomic mass is 9.90. The molecule has 2 atom stereocenters. The van der Waals surface area contributed by atoms with E-state index in [-0.39, 0.29) is 12.3 Å². The zero-order valence-electron chi connectivity index (χ0n) is 7.84. The van der Waals surface area contributed by atoms with Crippen LogP contribution in [0.4, 0.5) is 13.2 Å². The van der Waals surface area contributed by atoms with Crippen molar-refractivity contribution in [3.8, 4) is 0 Å². The van der Waals surface area contributed by atoms with Gasteiger partial charge < -0.3 is 0 Å². The molecule has 0 radical (unpaired) electrons. The fraction of sp³-hybridized carbons (Fsp3) is 1.00. The van der Waals surface area contributed by atoms with Gasteiger partial charge >= 0.3 is 5.51 Å². The van der Waals surface area contributed by atoms with E-state index < -0.39 is 20.6 Å². The highest BCUT2D eigenvalue weighted by atomic mass is 32.2. The van der Waals surface area contributed by atoms with Crippen LogP contribution in [0.25, 0.3) is 0 Å². The van der Waals surface area contributed by atoms with E-state index in [1.54, 1.807) is 6.92 Å². The van der Waals surface area contributed by atoms with E-state index >= 15 is 0 Å². The molecule has 0 aromatic carbocycles. The zero-order chi connectivity index (χ0) is 11.0. The van der Waals surface area contributed by atoms with Gasteiger partial charge in [-0.2, -0.15) is 13.2 Å². The van der Waals surface area contributed by atoms with Gasteiger partial charge in [0.05, 0.1) is 5.25 Å². The van der Waals surface area contributed by atoms with Crippen LogP contribution in [0.1, 0.15) is 32.6 Å². The van der Waals surface area contributed by atoms with Gasteiger partial charge in [0.15, 0.2) is 0 Å². The molecule has 1 saturated carbocycles. The summed E-state index contributed by atoms with van der Waals surface area (Å²) in [5.41, 5.74) is -5.09. The SMILES string of the molecule is C[C@@H]1CCCC[C@H]1S(=O)(=O)C(F)(F)F. The van der Waals surface area contributed by atoms with E-state index in [0.717, 1.165) is 6.42 Å². The van der Waals surface area contributed by atoms with E-state index in [1.165, 1.54) is 0 Å². The predicted molar refractivity (Wildman–Crippen MR) is 46.4 cm³/mol. The first kappa shape index (κ1) is 11.8. The minimum Gasteiger partial charge on any atom is -0.219 e. The molecule has 2 nitrogen and oxygen atoms in total. The zero-order valence-corrected chi connectivity index (χ0v) is 8.66. The van der Waals surface area contributed by atoms with Crippen LogP contribution in [0, 0.1) is 5.92 Å². The van der Waals surface area contributed by atoms with Gasteiger partial charge in [-0.1, -0.05) is 19.8 Å². The number of sulfone groups is 1. The standard InChI is InChI=1S/C8H13F3O2S/c1-6-4-2-3-5-7(6)14(12,13)8(9,10)11/h6-7H,2-5H2,1H3/t6-,7-/m1/s1. The molecule has 0 unspecified atom stereocenters. The Morgan fingerprint density at radius 3 is 2.07 bits per heavy atom. The number of rotatable bonds is 1. The molecule has 84 valence electrons. The van der Waals surface area contributed by atoms with Crippen molar-refractivity contribution in [2.24, 2.45) is 5.92 Å². The first-order valence-electron chi connectivity index (χ1n) is 4.57. The fourth-order valence-electron chi connectivity index (χ4n) is 1.91. The Kier molecular flexibility index (Phi) is 3.13. The molecule has 0 aliphatic heterocycles. The van der Waals surface area contributed by atoms with Crippen molar-refractivity contribution in [3.63, 3.8) is 0 Å². The molecule has 1 rings (SSSR count). The molecule has 6 heteroatoms. The Labute approximate surface area is 81.4 Å². The first-order valence-corrected chi connectivity index (χ1v) is 6.11. The van der Waals surface area contributed by atoms with Gasteiger partial charge in [-0.15, -0.1) is 0 Å². The van der Waals surface area contributed by atoms with Gasteiger partial charge in [-0.05, 0) is 18.8 Å². The summed E-state index contributed by atoms with van der Waals surface area (Å²) in [4.78, 5) is 0. The lowest BCUT2D eigenvalue weighted by Gasteiger charge is -2.28. The van der Waals surface area contributed by atoms with Gasteiger partial charge in [-0.25, -0.2) is 8.42 Å². The Morgan fingerprint density at radius 1 is 1.14 bits per heavy atom. The molecule has 0 saturated heterocycles. The smallest absolute Gasteiger partial charge is 0.219 e. The van der Waals surface area contributed by atoms with Crippen molar-refractivity contribution in [3.05, 3.63) is 0 Å². The summed E-state index contributed by atoms with van der Waals surface area (Å²) in [6, 6.07) is 0. The summed E-state index contributed by atoms with van der Waals surface area (Å²) < 4.78 is 58.8. The van der Waals surface area contributed by atoms with Gasteiger partial charge in [0.25, 0.3) is 9.84 Å². The molecule has 0 spiro atoms. The average Bonchev–Trinajstić information content (AvgIpc) is 2.02. The number of alkyl halides is 3. The van der Waals surface area contributed by atoms with Crippen molar-refractivity contribution in [1.29, 1.82) is 0 Å². The molecule has 1 aliphatic carbocycles. The largest absolute Gasteiger partial charge is 0.497 e. The Balaban J connectivity index is 2.92. The molecule has 0 heterocycles. The third-order valence-electron chi connectivity index (χ3n) is 2.75. The molecule has 0 amide bonds. The third kappa shape index (κ3) is 2.04. The first-order chi connectivity index (χ1) is 6.27. The highest BCUT2D eigenvalue weighted by Crippen LogP contribution is 2.37. The number of hydrogen-bond acceptors (Lipinski definition) is 2. The van der Waals surface area contributed by atoms with Crippen LogP contribution in [0.15, 0.2) is 0 Å². The predicted octanol–water partition coefficient (Wildman–Crippen LogP) is 2.50. The van der Waals surface area contributed by atoms with Crippen molar-refractivity contribution < 1.29 is 21.6 Å². The van der Waals surface area contributed by atoms with Crippen molar-refractivity contribution >= 4 is 9.84 Å². The third-order valence-corrected chi connectivity index (χ3v) is 4.90. The van der Waals surface area contributed by atoms with E-state index in [0.29, 0.717) is 12.8 Å². The van der Waals surface area contributed by atoms with Crippen molar-refractivity contribution in [1.82, 2.24) is 0 Å². The van der Waals surface area contributed by atoms with E-state index in [1.807, 2.05) is 0 Å². The summed E-state index contributed by atoms with van der Waals surface area (Å²) in [5.74, 6) is -0.379. The summed E-state index contributed by atoms with van der Waals surface area (Å²) in [7, 11) is -4.95. The van der Waals surface area contributed by atoms with Crippen molar-refractivity contribution in [2.45, 2.75) is 43.4 Å². The van der Waals surface area contributed by atoms with Crippen molar-refractivity contribution in [2.75, 3.05) is 0 Å². The van der Waals surface area contributed by atoms with Crippen LogP contribution in [0.3, 0.4) is 0 Å². The average molecular weight is 230 g/mol. The molecule has 0 aromatic heterocycles. The summed E-state index contributed by atoms with van der Waals surface area (Å²) >= 11 is 0. The second kappa shape index (κ2) is 3.72. The summed E-state index contributed by atoms with van der Waals surface area (Å²) in [5, 5.41) is -1.23. The van der Waals surface area contributed by atoms with Crippen LogP contribution in [0.2, 0.25) is 0 Å². The van der Waals surface area contributed by atoms with Gasteiger partial charge in [-0.3, -0.25) is 0 Å². The van der Waals surface area contributed by atoms with Crippen LogP contribution in [0.5, 0.6) is 0 Å². The minimum atomic E-state index is -5.09. The highest BCUT2D eigenvalue weighted by Gasteiger charge is 2.52. The molecular formula is C8H13F3O2S.